The highest BCUT2D eigenvalue weighted by Crippen LogP contribution is 2.12. The molecule has 232 valence electrons. The number of carbonyl (C=O) groups excluding carboxylic acids is 6. The van der Waals surface area contributed by atoms with Gasteiger partial charge in [0.25, 0.3) is 0 Å². The van der Waals surface area contributed by atoms with Crippen molar-refractivity contribution >= 4 is 41.4 Å². The van der Waals surface area contributed by atoms with Gasteiger partial charge in [-0.2, -0.15) is 0 Å². The van der Waals surface area contributed by atoms with Crippen LogP contribution in [0.15, 0.2) is 4.99 Å². The molecular formula is C25H45N9O7. The number of aliphatic hydroxyl groups is 1. The van der Waals surface area contributed by atoms with E-state index in [1.807, 2.05) is 0 Å². The lowest BCUT2D eigenvalue weighted by molar-refractivity contribution is -0.135. The van der Waals surface area contributed by atoms with Crippen molar-refractivity contribution in [2.24, 2.45) is 34.0 Å². The highest BCUT2D eigenvalue weighted by molar-refractivity contribution is 5.99. The first-order chi connectivity index (χ1) is 19.2. The van der Waals surface area contributed by atoms with Crippen LogP contribution in [-0.4, -0.2) is 89.9 Å². The quantitative estimate of drug-likeness (QED) is 0.0660. The SMILES string of the molecule is CC[C@H](C)[C@@H]1NC(=O)[C@H](CCCN=C(N)N)NC(=O)[C@H](CC(N)=O)NC(=O)[C@H](CC(C)C)NC(=O)[C@H](CO)NC1=O. The van der Waals surface area contributed by atoms with Gasteiger partial charge < -0.3 is 48.9 Å². The predicted molar refractivity (Wildman–Crippen MR) is 149 cm³/mol. The van der Waals surface area contributed by atoms with Crippen LogP contribution in [0.25, 0.3) is 0 Å². The highest BCUT2D eigenvalue weighted by atomic mass is 16.3. The van der Waals surface area contributed by atoms with Gasteiger partial charge in [-0.25, -0.2) is 0 Å². The largest absolute Gasteiger partial charge is 0.394 e. The monoisotopic (exact) mass is 583 g/mol. The molecule has 0 radical (unpaired) electrons. The van der Waals surface area contributed by atoms with Crippen molar-refractivity contribution in [2.45, 2.75) is 90.0 Å². The Kier molecular flexibility index (Phi) is 14.5. The first-order valence-electron chi connectivity index (χ1n) is 13.7. The Balaban J connectivity index is 3.56. The van der Waals surface area contributed by atoms with Gasteiger partial charge in [-0.05, 0) is 31.1 Å². The van der Waals surface area contributed by atoms with Gasteiger partial charge in [-0.1, -0.05) is 34.1 Å². The maximum atomic E-state index is 13.4. The lowest BCUT2D eigenvalue weighted by Crippen LogP contribution is -2.59. The number of carbonyl (C=O) groups is 6. The number of nitrogens with zero attached hydrogens (tertiary/aromatic N) is 1. The number of hydrogen-bond donors (Lipinski definition) is 9. The first kappa shape index (κ1) is 35.1. The van der Waals surface area contributed by atoms with Crippen LogP contribution >= 0.6 is 0 Å². The van der Waals surface area contributed by atoms with E-state index >= 15 is 0 Å². The molecule has 0 saturated carbocycles. The first-order valence-corrected chi connectivity index (χ1v) is 13.7. The molecule has 0 aliphatic carbocycles. The molecule has 6 amide bonds. The number of primary amides is 1. The van der Waals surface area contributed by atoms with Crippen molar-refractivity contribution in [2.75, 3.05) is 13.2 Å². The molecule has 0 aromatic carbocycles. The van der Waals surface area contributed by atoms with Crippen molar-refractivity contribution in [1.82, 2.24) is 26.6 Å². The molecule has 1 rings (SSSR count). The Labute approximate surface area is 239 Å². The van der Waals surface area contributed by atoms with E-state index in [-0.39, 0.29) is 37.7 Å². The maximum Gasteiger partial charge on any atom is 0.245 e. The summed E-state index contributed by atoms with van der Waals surface area (Å²) in [5.41, 5.74) is 16.0. The Bertz CT molecular complexity index is 984. The minimum atomic E-state index is -1.47. The minimum absolute atomic E-state index is 0.0374. The number of aliphatic imine (C=N–C) groups is 1. The molecular weight excluding hydrogens is 538 g/mol. The van der Waals surface area contributed by atoms with Crippen molar-refractivity contribution in [3.63, 3.8) is 0 Å². The fourth-order valence-corrected chi connectivity index (χ4v) is 4.11. The summed E-state index contributed by atoms with van der Waals surface area (Å²) in [5.74, 6) is -5.54. The molecule has 16 heteroatoms. The van der Waals surface area contributed by atoms with E-state index in [1.54, 1.807) is 27.7 Å². The van der Waals surface area contributed by atoms with E-state index in [0.29, 0.717) is 6.42 Å². The average Bonchev–Trinajstić information content (AvgIpc) is 2.89. The van der Waals surface area contributed by atoms with Crippen LogP contribution in [0.5, 0.6) is 0 Å². The van der Waals surface area contributed by atoms with Crippen molar-refractivity contribution in [3.05, 3.63) is 0 Å². The third-order valence-corrected chi connectivity index (χ3v) is 6.57. The Morgan fingerprint density at radius 1 is 0.805 bits per heavy atom. The molecule has 1 aliphatic rings. The molecule has 0 aromatic heterocycles. The Morgan fingerprint density at radius 2 is 1.32 bits per heavy atom. The second-order valence-electron chi connectivity index (χ2n) is 10.5. The van der Waals surface area contributed by atoms with E-state index in [4.69, 9.17) is 17.2 Å². The van der Waals surface area contributed by atoms with E-state index in [1.165, 1.54) is 0 Å². The van der Waals surface area contributed by atoms with Crippen molar-refractivity contribution in [3.8, 4) is 0 Å². The number of rotatable bonds is 11. The molecule has 41 heavy (non-hydrogen) atoms. The topological polar surface area (TPSA) is 273 Å². The van der Waals surface area contributed by atoms with Crippen molar-refractivity contribution in [1.29, 1.82) is 0 Å². The number of guanidine groups is 1. The molecule has 0 bridgehead atoms. The molecule has 0 unspecified atom stereocenters. The maximum absolute atomic E-state index is 13.4. The zero-order valence-electron chi connectivity index (χ0n) is 24.1. The summed E-state index contributed by atoms with van der Waals surface area (Å²) in [6.07, 6.45) is 0.306. The molecule has 16 nitrogen and oxygen atoms in total. The summed E-state index contributed by atoms with van der Waals surface area (Å²) < 4.78 is 0. The van der Waals surface area contributed by atoms with E-state index in [9.17, 15) is 33.9 Å². The summed E-state index contributed by atoms with van der Waals surface area (Å²) in [4.78, 5) is 81.7. The van der Waals surface area contributed by atoms with Gasteiger partial charge in [0.2, 0.25) is 35.4 Å². The zero-order chi connectivity index (χ0) is 31.3. The number of amides is 6. The third kappa shape index (κ3) is 12.0. The number of aliphatic hydroxyl groups excluding tert-OH is 1. The lowest BCUT2D eigenvalue weighted by atomic mass is 9.97. The summed E-state index contributed by atoms with van der Waals surface area (Å²) in [6, 6.07) is -6.43. The fourth-order valence-electron chi connectivity index (χ4n) is 4.11. The summed E-state index contributed by atoms with van der Waals surface area (Å²) in [7, 11) is 0. The highest BCUT2D eigenvalue weighted by Gasteiger charge is 2.36. The summed E-state index contributed by atoms with van der Waals surface area (Å²) in [5, 5.41) is 22.4. The van der Waals surface area contributed by atoms with Gasteiger partial charge >= 0.3 is 0 Å². The number of hydrogen-bond acceptors (Lipinski definition) is 8. The number of nitrogens with one attached hydrogen (secondary N) is 5. The van der Waals surface area contributed by atoms with E-state index < -0.39 is 84.6 Å². The van der Waals surface area contributed by atoms with E-state index in [0.717, 1.165) is 0 Å². The van der Waals surface area contributed by atoms with Crippen LogP contribution in [0.3, 0.4) is 0 Å². The number of nitrogens with two attached hydrogens (primary N) is 3. The molecule has 1 saturated heterocycles. The third-order valence-electron chi connectivity index (χ3n) is 6.57. The molecule has 0 aromatic rings. The minimum Gasteiger partial charge on any atom is -0.394 e. The summed E-state index contributed by atoms with van der Waals surface area (Å²) >= 11 is 0. The molecule has 0 spiro atoms. The lowest BCUT2D eigenvalue weighted by Gasteiger charge is -2.28. The predicted octanol–water partition coefficient (Wildman–Crippen LogP) is -3.56. The van der Waals surface area contributed by atoms with Crippen LogP contribution in [0.4, 0.5) is 0 Å². The zero-order valence-corrected chi connectivity index (χ0v) is 24.1. The molecule has 1 aliphatic heterocycles. The van der Waals surface area contributed by atoms with Crippen LogP contribution in [-0.2, 0) is 28.8 Å². The van der Waals surface area contributed by atoms with Gasteiger partial charge in [-0.15, -0.1) is 0 Å². The summed E-state index contributed by atoms with van der Waals surface area (Å²) in [6.45, 7) is 6.47. The normalized spacial score (nSPS) is 25.4. The molecule has 6 atom stereocenters. The molecule has 1 heterocycles. The fraction of sp³-hybridized carbons (Fsp3) is 0.720. The van der Waals surface area contributed by atoms with Gasteiger partial charge in [-0.3, -0.25) is 33.8 Å². The van der Waals surface area contributed by atoms with Gasteiger partial charge in [0.1, 0.15) is 30.2 Å². The van der Waals surface area contributed by atoms with Gasteiger partial charge in [0.15, 0.2) is 5.96 Å². The van der Waals surface area contributed by atoms with E-state index in [2.05, 4.69) is 31.6 Å². The average molecular weight is 584 g/mol. The molecule has 12 N–H and O–H groups in total. The van der Waals surface area contributed by atoms with Crippen LogP contribution in [0, 0.1) is 11.8 Å². The second kappa shape index (κ2) is 17.0. The molecule has 1 fully saturated rings. The van der Waals surface area contributed by atoms with Crippen LogP contribution in [0.2, 0.25) is 0 Å². The standard InChI is InChI=1S/C25H45N9O7/c1-5-13(4)19-24(41)33-17(11-35)23(40)31-15(9-12(2)3)21(38)32-16(10-18(26)36)22(39)30-14(20(37)34-19)7-6-8-29-25(27)28/h12-17,19,35H,5-11H2,1-4H3,(H2,26,36)(H,30,39)(H,31,40)(H,32,38)(H,33,41)(H,34,37)(H4,27,28,29)/t13-,14-,15-,16-,17-,19-/m0/s1. The van der Waals surface area contributed by atoms with Gasteiger partial charge in [0.05, 0.1) is 13.0 Å². The smallest absolute Gasteiger partial charge is 0.245 e. The van der Waals surface area contributed by atoms with Crippen LogP contribution in [0.1, 0.15) is 59.8 Å². The van der Waals surface area contributed by atoms with Crippen LogP contribution < -0.4 is 43.8 Å². The second-order valence-corrected chi connectivity index (χ2v) is 10.5. The Hall–Kier alpha value is -3.95. The Morgan fingerprint density at radius 3 is 1.85 bits per heavy atom. The van der Waals surface area contributed by atoms with Crippen molar-refractivity contribution < 1.29 is 33.9 Å². The van der Waals surface area contributed by atoms with Gasteiger partial charge in [0, 0.05) is 6.54 Å².